The monoisotopic (exact) mass is 328 g/mol. The number of aryl methyl sites for hydroxylation is 2. The van der Waals surface area contributed by atoms with Crippen LogP contribution in [0.15, 0.2) is 6.07 Å². The van der Waals surface area contributed by atoms with Crippen LogP contribution in [0, 0.1) is 6.92 Å². The number of nitrogens with two attached hydrogens (primary N) is 1. The van der Waals surface area contributed by atoms with E-state index >= 15 is 0 Å². The van der Waals surface area contributed by atoms with Gasteiger partial charge in [0.1, 0.15) is 4.83 Å². The highest BCUT2D eigenvalue weighted by atomic mass is 35.5. The summed E-state index contributed by atoms with van der Waals surface area (Å²) in [6.45, 7) is 3.36. The van der Waals surface area contributed by atoms with E-state index in [1.54, 1.807) is 0 Å². The Hall–Kier alpha value is -1.11. The van der Waals surface area contributed by atoms with Crippen molar-refractivity contribution in [3.05, 3.63) is 16.6 Å². The fourth-order valence-corrected chi connectivity index (χ4v) is 4.04. The summed E-state index contributed by atoms with van der Waals surface area (Å²) in [4.78, 5) is 16.5. The van der Waals surface area contributed by atoms with E-state index in [1.807, 2.05) is 29.6 Å². The third-order valence-corrected chi connectivity index (χ3v) is 5.26. The van der Waals surface area contributed by atoms with E-state index in [0.29, 0.717) is 6.54 Å². The predicted molar refractivity (Wildman–Crippen MR) is 88.3 cm³/mol. The number of rotatable bonds is 2. The van der Waals surface area contributed by atoms with Gasteiger partial charge in [0.15, 0.2) is 0 Å². The smallest absolute Gasteiger partial charge is 0.264 e. The van der Waals surface area contributed by atoms with Crippen LogP contribution in [-0.4, -0.2) is 39.7 Å². The van der Waals surface area contributed by atoms with E-state index in [4.69, 9.17) is 5.73 Å². The molecule has 1 fully saturated rings. The number of halogens is 1. The highest BCUT2D eigenvalue weighted by Gasteiger charge is 2.28. The Balaban J connectivity index is 0.00000161. The third kappa shape index (κ3) is 2.80. The summed E-state index contributed by atoms with van der Waals surface area (Å²) in [6, 6.07) is 2.17. The van der Waals surface area contributed by atoms with Gasteiger partial charge in [-0.2, -0.15) is 5.10 Å². The van der Waals surface area contributed by atoms with Crippen LogP contribution in [0.2, 0.25) is 0 Å². The Bertz CT molecular complexity index is 616. The number of amides is 1. The molecule has 0 saturated carbocycles. The van der Waals surface area contributed by atoms with Crippen molar-refractivity contribution in [2.24, 2.45) is 12.8 Å². The molecule has 1 aliphatic heterocycles. The van der Waals surface area contributed by atoms with Crippen LogP contribution in [0.25, 0.3) is 10.2 Å². The van der Waals surface area contributed by atoms with Crippen LogP contribution in [0.5, 0.6) is 0 Å². The fraction of sp³-hybridized carbons (Fsp3) is 0.571. The Morgan fingerprint density at radius 3 is 2.95 bits per heavy atom. The van der Waals surface area contributed by atoms with Crippen molar-refractivity contribution in [2.75, 3.05) is 13.1 Å². The number of piperidine rings is 1. The Kier molecular flexibility index (Phi) is 4.91. The normalized spacial score (nSPS) is 18.8. The molecular weight excluding hydrogens is 308 g/mol. The SMILES string of the molecule is Cc1nn(C)c2sc(C(=O)N3CCCCC3CN)cc12.Cl. The summed E-state index contributed by atoms with van der Waals surface area (Å²) >= 11 is 1.53. The Labute approximate surface area is 134 Å². The van der Waals surface area contributed by atoms with Crippen molar-refractivity contribution in [3.8, 4) is 0 Å². The molecule has 1 aliphatic rings. The largest absolute Gasteiger partial charge is 0.334 e. The molecule has 116 valence electrons. The molecule has 0 spiro atoms. The maximum atomic E-state index is 12.7. The molecule has 5 nitrogen and oxygen atoms in total. The molecule has 3 rings (SSSR count). The molecule has 21 heavy (non-hydrogen) atoms. The highest BCUT2D eigenvalue weighted by molar-refractivity contribution is 7.20. The first-order valence-electron chi connectivity index (χ1n) is 7.06. The molecule has 0 bridgehead atoms. The second-order valence-electron chi connectivity index (χ2n) is 5.42. The van der Waals surface area contributed by atoms with Crippen molar-refractivity contribution in [1.82, 2.24) is 14.7 Å². The molecule has 1 amide bonds. The first-order valence-corrected chi connectivity index (χ1v) is 7.87. The molecule has 1 atom stereocenters. The second-order valence-corrected chi connectivity index (χ2v) is 6.45. The topological polar surface area (TPSA) is 64.2 Å². The van der Waals surface area contributed by atoms with Gasteiger partial charge in [-0.05, 0) is 32.3 Å². The molecule has 3 heterocycles. The summed E-state index contributed by atoms with van der Waals surface area (Å²) in [5, 5.41) is 5.46. The average molecular weight is 329 g/mol. The van der Waals surface area contributed by atoms with Crippen LogP contribution in [0.1, 0.15) is 34.6 Å². The molecule has 0 aromatic carbocycles. The van der Waals surface area contributed by atoms with Crippen LogP contribution in [0.4, 0.5) is 0 Å². The minimum atomic E-state index is 0. The van der Waals surface area contributed by atoms with E-state index in [0.717, 1.165) is 40.2 Å². The van der Waals surface area contributed by atoms with Crippen LogP contribution < -0.4 is 5.73 Å². The van der Waals surface area contributed by atoms with Gasteiger partial charge in [0.2, 0.25) is 0 Å². The van der Waals surface area contributed by atoms with E-state index < -0.39 is 0 Å². The van der Waals surface area contributed by atoms with Gasteiger partial charge in [-0.25, -0.2) is 0 Å². The quantitative estimate of drug-likeness (QED) is 0.920. The van der Waals surface area contributed by atoms with Crippen LogP contribution in [0.3, 0.4) is 0 Å². The van der Waals surface area contributed by atoms with Gasteiger partial charge in [-0.1, -0.05) is 0 Å². The lowest BCUT2D eigenvalue weighted by molar-refractivity contribution is 0.0628. The number of thiophene rings is 1. The van der Waals surface area contributed by atoms with Gasteiger partial charge in [0.05, 0.1) is 10.6 Å². The number of fused-ring (bicyclic) bond motifs is 1. The Morgan fingerprint density at radius 1 is 1.52 bits per heavy atom. The van der Waals surface area contributed by atoms with E-state index in [2.05, 4.69) is 5.10 Å². The van der Waals surface area contributed by atoms with Crippen LogP contribution in [-0.2, 0) is 7.05 Å². The number of hydrogen-bond donors (Lipinski definition) is 1. The lowest BCUT2D eigenvalue weighted by Crippen LogP contribution is -2.47. The van der Waals surface area contributed by atoms with Crippen molar-refractivity contribution < 1.29 is 4.79 Å². The zero-order chi connectivity index (χ0) is 14.3. The summed E-state index contributed by atoms with van der Waals surface area (Å²) in [5.41, 5.74) is 6.79. The second kappa shape index (κ2) is 6.34. The molecular formula is C14H21ClN4OS. The van der Waals surface area contributed by atoms with Crippen LogP contribution >= 0.6 is 23.7 Å². The lowest BCUT2D eigenvalue weighted by atomic mass is 10.0. The maximum Gasteiger partial charge on any atom is 0.264 e. The van der Waals surface area contributed by atoms with E-state index in [-0.39, 0.29) is 24.4 Å². The van der Waals surface area contributed by atoms with Crippen molar-refractivity contribution in [3.63, 3.8) is 0 Å². The average Bonchev–Trinajstić information content (AvgIpc) is 3.01. The standard InChI is InChI=1S/C14H20N4OS.ClH/c1-9-11-7-12(20-14(11)17(2)16-9)13(19)18-6-4-3-5-10(18)8-15;/h7,10H,3-6,8,15H2,1-2H3;1H. The van der Waals surface area contributed by atoms with Crippen molar-refractivity contribution in [2.45, 2.75) is 32.2 Å². The number of likely N-dealkylation sites (tertiary alicyclic amines) is 1. The zero-order valence-corrected chi connectivity index (χ0v) is 14.0. The molecule has 1 saturated heterocycles. The fourth-order valence-electron chi connectivity index (χ4n) is 2.97. The first kappa shape index (κ1) is 16.3. The summed E-state index contributed by atoms with van der Waals surface area (Å²) in [7, 11) is 1.92. The van der Waals surface area contributed by atoms with Crippen molar-refractivity contribution in [1.29, 1.82) is 0 Å². The first-order chi connectivity index (χ1) is 9.61. The van der Waals surface area contributed by atoms with Gasteiger partial charge in [-0.3, -0.25) is 9.48 Å². The molecule has 2 aromatic rings. The zero-order valence-electron chi connectivity index (χ0n) is 12.3. The highest BCUT2D eigenvalue weighted by Crippen LogP contribution is 2.30. The van der Waals surface area contributed by atoms with Gasteiger partial charge in [-0.15, -0.1) is 23.7 Å². The van der Waals surface area contributed by atoms with E-state index in [1.165, 1.54) is 17.8 Å². The predicted octanol–water partition coefficient (Wildman–Crippen LogP) is 2.32. The van der Waals surface area contributed by atoms with E-state index in [9.17, 15) is 4.79 Å². The van der Waals surface area contributed by atoms with Gasteiger partial charge in [0.25, 0.3) is 5.91 Å². The summed E-state index contributed by atoms with van der Waals surface area (Å²) in [5.74, 6) is 0.126. The Morgan fingerprint density at radius 2 is 2.29 bits per heavy atom. The van der Waals surface area contributed by atoms with Crippen molar-refractivity contribution >= 4 is 39.9 Å². The van der Waals surface area contributed by atoms with Gasteiger partial charge < -0.3 is 10.6 Å². The molecule has 2 aromatic heterocycles. The minimum absolute atomic E-state index is 0. The summed E-state index contributed by atoms with van der Waals surface area (Å²) < 4.78 is 1.85. The number of carbonyl (C=O) groups excluding carboxylic acids is 1. The van der Waals surface area contributed by atoms with Gasteiger partial charge >= 0.3 is 0 Å². The molecule has 0 aliphatic carbocycles. The maximum absolute atomic E-state index is 12.7. The number of carbonyl (C=O) groups is 1. The number of aromatic nitrogens is 2. The van der Waals surface area contributed by atoms with Gasteiger partial charge in [0, 0.05) is 31.6 Å². The molecule has 1 unspecified atom stereocenters. The number of hydrogen-bond acceptors (Lipinski definition) is 4. The third-order valence-electron chi connectivity index (χ3n) is 4.07. The molecule has 0 radical (unpaired) electrons. The number of nitrogens with zero attached hydrogens (tertiary/aromatic N) is 3. The molecule has 7 heteroatoms. The minimum Gasteiger partial charge on any atom is -0.334 e. The lowest BCUT2D eigenvalue weighted by Gasteiger charge is -2.34. The summed E-state index contributed by atoms with van der Waals surface area (Å²) in [6.07, 6.45) is 3.27. The molecule has 2 N–H and O–H groups in total.